The van der Waals surface area contributed by atoms with Crippen LogP contribution < -0.4 is 10.1 Å². The van der Waals surface area contributed by atoms with Gasteiger partial charge in [0.2, 0.25) is 0 Å². The number of methoxy groups -OCH3 is 2. The lowest BCUT2D eigenvalue weighted by Gasteiger charge is -2.15. The molecule has 0 aliphatic carbocycles. The number of amidine groups is 1. The first kappa shape index (κ1) is 19.0. The number of benzene rings is 1. The van der Waals surface area contributed by atoms with E-state index >= 15 is 0 Å². The van der Waals surface area contributed by atoms with Gasteiger partial charge in [-0.05, 0) is 31.0 Å². The number of carbonyl (C=O) groups excluding carboxylic acids is 1. The topological polar surface area (TPSA) is 69.2 Å². The van der Waals surface area contributed by atoms with Gasteiger partial charge in [0.1, 0.15) is 12.4 Å². The minimum absolute atomic E-state index is 0.0261. The van der Waals surface area contributed by atoms with Crippen molar-refractivity contribution in [2.24, 2.45) is 10.9 Å². The summed E-state index contributed by atoms with van der Waals surface area (Å²) in [5.41, 5.74) is 0.476. The van der Waals surface area contributed by atoms with E-state index in [0.717, 1.165) is 0 Å². The second-order valence-electron chi connectivity index (χ2n) is 5.45. The average Bonchev–Trinajstić information content (AvgIpc) is 2.54. The number of amides is 1. The molecule has 0 radical (unpaired) electrons. The Bertz CT molecular complexity index is 529. The molecule has 1 rings (SSSR count). The van der Waals surface area contributed by atoms with Crippen LogP contribution in [0, 0.1) is 5.92 Å². The third-order valence-electron chi connectivity index (χ3n) is 3.36. The maximum absolute atomic E-state index is 12.3. The molecule has 0 fully saturated rings. The predicted octanol–water partition coefficient (Wildman–Crippen LogP) is 2.49. The van der Waals surface area contributed by atoms with Gasteiger partial charge >= 0.3 is 0 Å². The van der Waals surface area contributed by atoms with Crippen molar-refractivity contribution in [1.82, 2.24) is 5.32 Å². The van der Waals surface area contributed by atoms with Gasteiger partial charge < -0.3 is 14.2 Å². The van der Waals surface area contributed by atoms with Crippen LogP contribution in [0.4, 0.5) is 0 Å². The summed E-state index contributed by atoms with van der Waals surface area (Å²) in [6.45, 7) is 6.83. The van der Waals surface area contributed by atoms with E-state index in [-0.39, 0.29) is 18.0 Å². The summed E-state index contributed by atoms with van der Waals surface area (Å²) >= 11 is 0. The summed E-state index contributed by atoms with van der Waals surface area (Å²) in [7, 11) is 3.15. The number of hydrogen-bond acceptors (Lipinski definition) is 5. The van der Waals surface area contributed by atoms with Crippen molar-refractivity contribution in [3.63, 3.8) is 0 Å². The molecule has 6 nitrogen and oxygen atoms in total. The average molecular weight is 322 g/mol. The van der Waals surface area contributed by atoms with Crippen molar-refractivity contribution in [3.8, 4) is 5.75 Å². The van der Waals surface area contributed by atoms with Crippen molar-refractivity contribution >= 4 is 11.9 Å². The number of nitrogens with zero attached hydrogens (tertiary/aromatic N) is 1. The van der Waals surface area contributed by atoms with Crippen LogP contribution >= 0.6 is 0 Å². The van der Waals surface area contributed by atoms with E-state index in [1.807, 2.05) is 6.92 Å². The molecule has 1 amide bonds. The summed E-state index contributed by atoms with van der Waals surface area (Å²) in [6, 6.07) is 7.13. The Labute approximate surface area is 137 Å². The molecule has 6 heteroatoms. The molecule has 1 aromatic carbocycles. The maximum atomic E-state index is 12.3. The molecule has 0 heterocycles. The van der Waals surface area contributed by atoms with Gasteiger partial charge in [-0.1, -0.05) is 19.9 Å². The fourth-order valence-corrected chi connectivity index (χ4v) is 1.59. The monoisotopic (exact) mass is 322 g/mol. The number of aliphatic imine (C=N–C) groups is 1. The molecule has 0 spiro atoms. The van der Waals surface area contributed by atoms with Crippen LogP contribution in [-0.2, 0) is 9.47 Å². The van der Waals surface area contributed by atoms with Gasteiger partial charge in [0.15, 0.2) is 0 Å². The fraction of sp³-hybridized carbons (Fsp3) is 0.529. The van der Waals surface area contributed by atoms with Crippen LogP contribution in [0.5, 0.6) is 5.75 Å². The first-order chi connectivity index (χ1) is 11.0. The van der Waals surface area contributed by atoms with Crippen LogP contribution in [0.25, 0.3) is 0 Å². The second-order valence-corrected chi connectivity index (χ2v) is 5.45. The third-order valence-corrected chi connectivity index (χ3v) is 3.36. The fourth-order valence-electron chi connectivity index (χ4n) is 1.59. The van der Waals surface area contributed by atoms with Gasteiger partial charge in [-0.15, -0.1) is 0 Å². The molecule has 1 atom stereocenters. The van der Waals surface area contributed by atoms with Crippen LogP contribution in [0.1, 0.15) is 31.1 Å². The lowest BCUT2D eigenvalue weighted by Crippen LogP contribution is -2.34. The van der Waals surface area contributed by atoms with Gasteiger partial charge in [-0.25, -0.2) is 4.99 Å². The first-order valence-corrected chi connectivity index (χ1v) is 7.62. The molecule has 0 bridgehead atoms. The van der Waals surface area contributed by atoms with E-state index < -0.39 is 0 Å². The molecule has 1 aromatic rings. The molecular formula is C17H26N2O4. The highest BCUT2D eigenvalue weighted by Gasteiger charge is 2.13. The van der Waals surface area contributed by atoms with Crippen molar-refractivity contribution in [2.75, 3.05) is 27.4 Å². The molecule has 23 heavy (non-hydrogen) atoms. The SMILES string of the molecule is COCCOC(=N[C@H](C)C(C)C)NC(=O)c1cccc(OC)c1. The van der Waals surface area contributed by atoms with Crippen molar-refractivity contribution in [1.29, 1.82) is 0 Å². The van der Waals surface area contributed by atoms with E-state index in [1.165, 1.54) is 0 Å². The quantitative estimate of drug-likeness (QED) is 0.476. The zero-order valence-electron chi connectivity index (χ0n) is 14.5. The molecule has 0 saturated heterocycles. The maximum Gasteiger partial charge on any atom is 0.292 e. The number of carbonyl (C=O) groups is 1. The Hall–Kier alpha value is -2.08. The zero-order valence-corrected chi connectivity index (χ0v) is 14.5. The summed E-state index contributed by atoms with van der Waals surface area (Å²) in [5.74, 6) is 0.660. The van der Waals surface area contributed by atoms with Gasteiger partial charge in [0.05, 0.1) is 19.8 Å². The second kappa shape index (κ2) is 9.84. The van der Waals surface area contributed by atoms with Gasteiger partial charge in [0.25, 0.3) is 11.9 Å². The lowest BCUT2D eigenvalue weighted by molar-refractivity contribution is 0.0953. The minimum atomic E-state index is -0.295. The molecule has 128 valence electrons. The predicted molar refractivity (Wildman–Crippen MR) is 90.0 cm³/mol. The summed E-state index contributed by atoms with van der Waals surface area (Å²) in [6.07, 6.45) is 0. The highest BCUT2D eigenvalue weighted by Crippen LogP contribution is 2.12. The Morgan fingerprint density at radius 3 is 2.57 bits per heavy atom. The number of nitrogens with one attached hydrogen (secondary N) is 1. The minimum Gasteiger partial charge on any atom is -0.497 e. The smallest absolute Gasteiger partial charge is 0.292 e. The van der Waals surface area contributed by atoms with E-state index in [1.54, 1.807) is 38.5 Å². The van der Waals surface area contributed by atoms with E-state index in [9.17, 15) is 4.79 Å². The molecule has 0 unspecified atom stereocenters. The molecule has 0 saturated carbocycles. The van der Waals surface area contributed by atoms with E-state index in [0.29, 0.717) is 30.4 Å². The standard InChI is InChI=1S/C17H26N2O4/c1-12(2)13(3)18-17(23-10-9-21-4)19-16(20)14-7-6-8-15(11-14)22-5/h6-8,11-13H,9-10H2,1-5H3,(H,18,19,20)/t13-/m1/s1. The number of rotatable bonds is 7. The Kier molecular flexibility index (Phi) is 8.11. The third kappa shape index (κ3) is 6.69. The summed E-state index contributed by atoms with van der Waals surface area (Å²) < 4.78 is 15.6. The Balaban J connectivity index is 2.83. The molecule has 0 aromatic heterocycles. The first-order valence-electron chi connectivity index (χ1n) is 7.62. The van der Waals surface area contributed by atoms with Gasteiger partial charge in [-0.2, -0.15) is 0 Å². The zero-order chi connectivity index (χ0) is 17.2. The highest BCUT2D eigenvalue weighted by atomic mass is 16.5. The van der Waals surface area contributed by atoms with E-state index in [4.69, 9.17) is 14.2 Å². The lowest BCUT2D eigenvalue weighted by atomic mass is 10.1. The Morgan fingerprint density at radius 1 is 1.22 bits per heavy atom. The van der Waals surface area contributed by atoms with Crippen LogP contribution in [-0.4, -0.2) is 45.4 Å². The van der Waals surface area contributed by atoms with Crippen LogP contribution in [0.3, 0.4) is 0 Å². The molecule has 0 aliphatic heterocycles. The van der Waals surface area contributed by atoms with Gasteiger partial charge in [-0.3, -0.25) is 10.1 Å². The molecule has 0 aliphatic rings. The molecular weight excluding hydrogens is 296 g/mol. The largest absolute Gasteiger partial charge is 0.497 e. The summed E-state index contributed by atoms with van der Waals surface area (Å²) in [5, 5.41) is 2.71. The molecule has 1 N–H and O–H groups in total. The highest BCUT2D eigenvalue weighted by molar-refractivity contribution is 6.04. The van der Waals surface area contributed by atoms with Crippen molar-refractivity contribution < 1.29 is 19.0 Å². The Morgan fingerprint density at radius 2 is 1.96 bits per heavy atom. The van der Waals surface area contributed by atoms with E-state index in [2.05, 4.69) is 24.2 Å². The normalized spacial score (nSPS) is 12.9. The van der Waals surface area contributed by atoms with Crippen molar-refractivity contribution in [3.05, 3.63) is 29.8 Å². The summed E-state index contributed by atoms with van der Waals surface area (Å²) in [4.78, 5) is 16.8. The number of ether oxygens (including phenoxy) is 3. The number of hydrogen-bond donors (Lipinski definition) is 1. The van der Waals surface area contributed by atoms with Gasteiger partial charge in [0, 0.05) is 12.7 Å². The van der Waals surface area contributed by atoms with Crippen LogP contribution in [0.2, 0.25) is 0 Å². The van der Waals surface area contributed by atoms with Crippen LogP contribution in [0.15, 0.2) is 29.3 Å². The van der Waals surface area contributed by atoms with Crippen molar-refractivity contribution in [2.45, 2.75) is 26.8 Å².